The van der Waals surface area contributed by atoms with Crippen molar-refractivity contribution in [3.05, 3.63) is 0 Å². The summed E-state index contributed by atoms with van der Waals surface area (Å²) in [7, 11) is 0. The Morgan fingerprint density at radius 2 is 1.92 bits per heavy atom. The summed E-state index contributed by atoms with van der Waals surface area (Å²) in [6, 6.07) is 0.380. The van der Waals surface area contributed by atoms with Crippen molar-refractivity contribution in [1.82, 2.24) is 4.90 Å². The third-order valence-corrected chi connectivity index (χ3v) is 3.41. The summed E-state index contributed by atoms with van der Waals surface area (Å²) >= 11 is 2.01. The third-order valence-electron chi connectivity index (χ3n) is 2.47. The normalized spacial score (nSPS) is 23.0. The lowest BCUT2D eigenvalue weighted by Gasteiger charge is -2.35. The van der Waals surface area contributed by atoms with Crippen LogP contribution in [-0.2, 0) is 0 Å². The van der Waals surface area contributed by atoms with Crippen LogP contribution in [0.5, 0.6) is 0 Å². The third kappa shape index (κ3) is 2.64. The van der Waals surface area contributed by atoms with Crippen LogP contribution in [0.3, 0.4) is 0 Å². The standard InChI is InChI=1S/C9H19NOS/c1-8(2)9(7-11)10-3-5-12-6-4-10/h8-9,11H,3-7H2,1-2H3/t9-/m0/s1. The molecule has 0 bridgehead atoms. The fourth-order valence-electron chi connectivity index (χ4n) is 1.66. The van der Waals surface area contributed by atoms with Crippen LogP contribution in [0.25, 0.3) is 0 Å². The summed E-state index contributed by atoms with van der Waals surface area (Å²) in [6.45, 7) is 6.97. The Balaban J connectivity index is 2.40. The van der Waals surface area contributed by atoms with Gasteiger partial charge in [-0.25, -0.2) is 0 Å². The van der Waals surface area contributed by atoms with E-state index in [2.05, 4.69) is 18.7 Å². The lowest BCUT2D eigenvalue weighted by Crippen LogP contribution is -2.45. The zero-order chi connectivity index (χ0) is 8.97. The Labute approximate surface area is 79.3 Å². The molecule has 1 fully saturated rings. The Kier molecular flexibility index (Phi) is 4.40. The number of rotatable bonds is 3. The van der Waals surface area contributed by atoms with Gasteiger partial charge in [0.25, 0.3) is 0 Å². The van der Waals surface area contributed by atoms with E-state index in [9.17, 15) is 5.11 Å². The van der Waals surface area contributed by atoms with Crippen molar-refractivity contribution in [3.8, 4) is 0 Å². The summed E-state index contributed by atoms with van der Waals surface area (Å²) in [5.74, 6) is 3.02. The van der Waals surface area contributed by atoms with Crippen LogP contribution in [0.1, 0.15) is 13.8 Å². The van der Waals surface area contributed by atoms with E-state index in [1.165, 1.54) is 11.5 Å². The fourth-order valence-corrected chi connectivity index (χ4v) is 2.59. The first-order chi connectivity index (χ1) is 5.75. The first-order valence-corrected chi connectivity index (χ1v) is 5.84. The highest BCUT2D eigenvalue weighted by atomic mass is 32.2. The number of aliphatic hydroxyl groups excluding tert-OH is 1. The summed E-state index contributed by atoms with van der Waals surface area (Å²) in [4.78, 5) is 2.42. The quantitative estimate of drug-likeness (QED) is 0.718. The van der Waals surface area contributed by atoms with Crippen molar-refractivity contribution >= 4 is 11.8 Å². The average molecular weight is 189 g/mol. The van der Waals surface area contributed by atoms with E-state index >= 15 is 0 Å². The molecule has 1 N–H and O–H groups in total. The first-order valence-electron chi connectivity index (χ1n) is 4.68. The zero-order valence-corrected chi connectivity index (χ0v) is 8.81. The molecule has 0 aromatic rings. The summed E-state index contributed by atoms with van der Waals surface area (Å²) in [5, 5.41) is 9.20. The highest BCUT2D eigenvalue weighted by molar-refractivity contribution is 7.99. The van der Waals surface area contributed by atoms with Gasteiger partial charge in [-0.15, -0.1) is 0 Å². The van der Waals surface area contributed by atoms with Gasteiger partial charge in [0, 0.05) is 30.6 Å². The molecule has 1 aliphatic heterocycles. The van der Waals surface area contributed by atoms with Crippen molar-refractivity contribution in [3.63, 3.8) is 0 Å². The van der Waals surface area contributed by atoms with Gasteiger partial charge in [-0.3, -0.25) is 4.90 Å². The topological polar surface area (TPSA) is 23.5 Å². The minimum Gasteiger partial charge on any atom is -0.395 e. The predicted octanol–water partition coefficient (Wildman–Crippen LogP) is 1.05. The van der Waals surface area contributed by atoms with Crippen LogP contribution in [0.15, 0.2) is 0 Å². The van der Waals surface area contributed by atoms with Gasteiger partial charge >= 0.3 is 0 Å². The van der Waals surface area contributed by atoms with Gasteiger partial charge in [-0.2, -0.15) is 11.8 Å². The van der Waals surface area contributed by atoms with E-state index in [1.54, 1.807) is 0 Å². The SMILES string of the molecule is CC(C)[C@H](CO)N1CCSCC1. The number of hydrogen-bond donors (Lipinski definition) is 1. The molecule has 1 saturated heterocycles. The lowest BCUT2D eigenvalue weighted by atomic mass is 10.0. The molecular formula is C9H19NOS. The molecule has 1 atom stereocenters. The molecule has 72 valence electrons. The van der Waals surface area contributed by atoms with Crippen molar-refractivity contribution in [2.24, 2.45) is 5.92 Å². The Morgan fingerprint density at radius 3 is 2.33 bits per heavy atom. The van der Waals surface area contributed by atoms with Gasteiger partial charge in [0.2, 0.25) is 0 Å². The molecule has 1 aliphatic rings. The maximum Gasteiger partial charge on any atom is 0.0589 e. The second-order valence-corrected chi connectivity index (χ2v) is 4.87. The van der Waals surface area contributed by atoms with E-state index < -0.39 is 0 Å². The molecule has 0 spiro atoms. The summed E-state index contributed by atoms with van der Waals surface area (Å²) in [5.41, 5.74) is 0. The molecular weight excluding hydrogens is 170 g/mol. The fraction of sp³-hybridized carbons (Fsp3) is 1.00. The first kappa shape index (κ1) is 10.4. The van der Waals surface area contributed by atoms with Gasteiger partial charge in [0.15, 0.2) is 0 Å². The largest absolute Gasteiger partial charge is 0.395 e. The molecule has 0 saturated carbocycles. The number of thioether (sulfide) groups is 1. The molecule has 0 aliphatic carbocycles. The maximum atomic E-state index is 9.20. The van der Waals surface area contributed by atoms with Crippen LogP contribution >= 0.6 is 11.8 Å². The van der Waals surface area contributed by atoms with Crippen molar-refractivity contribution < 1.29 is 5.11 Å². The van der Waals surface area contributed by atoms with Crippen LogP contribution in [0.4, 0.5) is 0 Å². The van der Waals surface area contributed by atoms with E-state index in [0.717, 1.165) is 13.1 Å². The van der Waals surface area contributed by atoms with Gasteiger partial charge in [-0.1, -0.05) is 13.8 Å². The van der Waals surface area contributed by atoms with Crippen molar-refractivity contribution in [2.75, 3.05) is 31.2 Å². The lowest BCUT2D eigenvalue weighted by molar-refractivity contribution is 0.0997. The molecule has 12 heavy (non-hydrogen) atoms. The molecule has 0 radical (unpaired) electrons. The van der Waals surface area contributed by atoms with Crippen LogP contribution in [-0.4, -0.2) is 47.3 Å². The second kappa shape index (κ2) is 5.10. The van der Waals surface area contributed by atoms with Crippen molar-refractivity contribution in [1.29, 1.82) is 0 Å². The van der Waals surface area contributed by atoms with Crippen molar-refractivity contribution in [2.45, 2.75) is 19.9 Å². The molecule has 3 heteroatoms. The average Bonchev–Trinajstić information content (AvgIpc) is 2.07. The zero-order valence-electron chi connectivity index (χ0n) is 7.99. The molecule has 0 unspecified atom stereocenters. The summed E-state index contributed by atoms with van der Waals surface area (Å²) < 4.78 is 0. The maximum absolute atomic E-state index is 9.20. The second-order valence-electron chi connectivity index (χ2n) is 3.64. The monoisotopic (exact) mass is 189 g/mol. The molecule has 0 amide bonds. The molecule has 2 nitrogen and oxygen atoms in total. The van der Waals surface area contributed by atoms with E-state index in [-0.39, 0.29) is 0 Å². The van der Waals surface area contributed by atoms with Crippen LogP contribution < -0.4 is 0 Å². The highest BCUT2D eigenvalue weighted by Gasteiger charge is 2.22. The number of hydrogen-bond acceptors (Lipinski definition) is 3. The predicted molar refractivity (Wildman–Crippen MR) is 54.6 cm³/mol. The molecule has 1 rings (SSSR count). The van der Waals surface area contributed by atoms with Gasteiger partial charge in [0.05, 0.1) is 6.61 Å². The molecule has 0 aromatic carbocycles. The molecule has 0 aromatic heterocycles. The van der Waals surface area contributed by atoms with Crippen LogP contribution in [0.2, 0.25) is 0 Å². The van der Waals surface area contributed by atoms with Gasteiger partial charge in [0.1, 0.15) is 0 Å². The molecule has 1 heterocycles. The van der Waals surface area contributed by atoms with Crippen LogP contribution in [0, 0.1) is 5.92 Å². The Hall–Kier alpha value is 0.270. The smallest absolute Gasteiger partial charge is 0.0589 e. The van der Waals surface area contributed by atoms with Gasteiger partial charge < -0.3 is 5.11 Å². The van der Waals surface area contributed by atoms with E-state index in [0.29, 0.717) is 18.6 Å². The summed E-state index contributed by atoms with van der Waals surface area (Å²) in [6.07, 6.45) is 0. The minimum atomic E-state index is 0.308. The Bertz CT molecular complexity index is 124. The number of aliphatic hydroxyl groups is 1. The number of nitrogens with zero attached hydrogens (tertiary/aromatic N) is 1. The van der Waals surface area contributed by atoms with E-state index in [1.807, 2.05) is 11.8 Å². The van der Waals surface area contributed by atoms with E-state index in [4.69, 9.17) is 0 Å². The highest BCUT2D eigenvalue weighted by Crippen LogP contribution is 2.16. The van der Waals surface area contributed by atoms with Gasteiger partial charge in [-0.05, 0) is 5.92 Å². The minimum absolute atomic E-state index is 0.308. The Morgan fingerprint density at radius 1 is 1.33 bits per heavy atom.